The predicted molar refractivity (Wildman–Crippen MR) is 48.6 cm³/mol. The maximum Gasteiger partial charge on any atom is 0.425 e. The predicted octanol–water partition coefficient (Wildman–Crippen LogP) is 0.0519. The van der Waals surface area contributed by atoms with Gasteiger partial charge in [-0.2, -0.15) is 11.1 Å². The zero-order valence-corrected chi connectivity index (χ0v) is 10.5. The van der Waals surface area contributed by atoms with Crippen molar-refractivity contribution in [3.05, 3.63) is 0 Å². The van der Waals surface area contributed by atoms with Gasteiger partial charge in [-0.15, -0.1) is 25.3 Å². The van der Waals surface area contributed by atoms with Gasteiger partial charge >= 0.3 is 21.2 Å². The van der Waals surface area contributed by atoms with E-state index in [9.17, 15) is 0 Å². The Morgan fingerprint density at radius 2 is 0.769 bits per heavy atom. The van der Waals surface area contributed by atoms with Crippen LogP contribution in [-0.2, 0) is 21.2 Å². The van der Waals surface area contributed by atoms with Gasteiger partial charge in [0.1, 0.15) is 7.38 Å². The van der Waals surface area contributed by atoms with E-state index in [0.29, 0.717) is 0 Å². The van der Waals surface area contributed by atoms with Crippen molar-refractivity contribution in [1.82, 2.24) is 0 Å². The lowest BCUT2D eigenvalue weighted by atomic mass is 11.8. The topological polar surface area (TPSA) is 102 Å². The summed E-state index contributed by atoms with van der Waals surface area (Å²) in [5, 5.41) is 0. The molecule has 0 radical (unpaired) electrons. The highest BCUT2D eigenvalue weighted by Crippen LogP contribution is 2.03. The second-order valence-corrected chi connectivity index (χ2v) is 10.8. The summed E-state index contributed by atoms with van der Waals surface area (Å²) < 4.78 is 50.7. The van der Waals surface area contributed by atoms with E-state index in [1.54, 1.807) is 0 Å². The van der Waals surface area contributed by atoms with Gasteiger partial charge in [0, 0.05) is 0 Å². The third-order valence-electron chi connectivity index (χ3n) is 0. The Morgan fingerprint density at radius 1 is 0.769 bits per heavy atom. The largest absolute Gasteiger partial charge is 0.425 e. The minimum absolute atomic E-state index is 1.14. The molecule has 13 heavy (non-hydrogen) atoms. The Kier molecular flexibility index (Phi) is 14.0. The van der Waals surface area contributed by atoms with E-state index in [4.69, 9.17) is 36.3 Å². The smallest absolute Gasteiger partial charge is 0.168 e. The molecule has 0 aliphatic carbocycles. The van der Waals surface area contributed by atoms with Gasteiger partial charge in [-0.05, 0) is 0 Å². The Labute approximate surface area is 84.8 Å². The molecule has 0 N–H and O–H groups in total. The molecule has 0 fully saturated rings. The molecule has 80 valence electrons. The van der Waals surface area contributed by atoms with Crippen LogP contribution in [0.1, 0.15) is 0 Å². The standard InChI is InChI=1S/C3H9ClSi.2O3S/c1-5(2,3)4;2*1-4(2)3/h1-3H3;;. The molecule has 0 amide bonds. The van der Waals surface area contributed by atoms with Crippen LogP contribution in [0.2, 0.25) is 19.6 Å². The molecule has 0 saturated carbocycles. The fourth-order valence-electron chi connectivity index (χ4n) is 0. The third-order valence-corrected chi connectivity index (χ3v) is 0. The third kappa shape index (κ3) is 17400. The fraction of sp³-hybridized carbons (Fsp3) is 1.00. The van der Waals surface area contributed by atoms with Crippen molar-refractivity contribution < 1.29 is 25.3 Å². The van der Waals surface area contributed by atoms with Gasteiger partial charge in [-0.1, -0.05) is 19.6 Å². The maximum absolute atomic E-state index is 8.44. The second-order valence-electron chi connectivity index (χ2n) is 2.48. The molecule has 0 aliphatic rings. The Morgan fingerprint density at radius 3 is 0.769 bits per heavy atom. The SMILES string of the molecule is C[Si](C)(C)Cl.O=S(=O)=O.O=S(=O)=O. The van der Waals surface area contributed by atoms with Crippen LogP contribution in [-0.4, -0.2) is 32.6 Å². The van der Waals surface area contributed by atoms with Crippen LogP contribution in [0, 0.1) is 0 Å². The zero-order chi connectivity index (χ0) is 11.7. The normalized spacial score (nSPS) is 8.31. The van der Waals surface area contributed by atoms with Gasteiger partial charge in [0.25, 0.3) is 0 Å². The van der Waals surface area contributed by atoms with Gasteiger partial charge in [0.15, 0.2) is 0 Å². The molecule has 0 rings (SSSR count). The molecule has 0 bridgehead atoms. The highest BCUT2D eigenvalue weighted by Gasteiger charge is 2.04. The lowest BCUT2D eigenvalue weighted by Crippen LogP contribution is -2.06. The fourth-order valence-corrected chi connectivity index (χ4v) is 0. The van der Waals surface area contributed by atoms with Gasteiger partial charge in [0.2, 0.25) is 0 Å². The Bertz CT molecular complexity index is 257. The van der Waals surface area contributed by atoms with Crippen LogP contribution in [0.25, 0.3) is 0 Å². The van der Waals surface area contributed by atoms with Crippen molar-refractivity contribution in [1.29, 1.82) is 0 Å². The zero-order valence-electron chi connectivity index (χ0n) is 7.14. The van der Waals surface area contributed by atoms with Crippen molar-refractivity contribution >= 4 is 39.7 Å². The summed E-state index contributed by atoms with van der Waals surface area (Å²) in [7, 11) is -7.36. The molecular formula is C3H9ClO6S2Si. The highest BCUT2D eigenvalue weighted by atomic mass is 35.6. The number of rotatable bonds is 0. The van der Waals surface area contributed by atoms with Crippen molar-refractivity contribution in [3.63, 3.8) is 0 Å². The molecule has 0 heterocycles. The van der Waals surface area contributed by atoms with Crippen LogP contribution in [0.15, 0.2) is 0 Å². The molecule has 0 unspecified atom stereocenters. The lowest BCUT2D eigenvalue weighted by Gasteiger charge is -1.97. The molecule has 0 aromatic carbocycles. The summed E-state index contributed by atoms with van der Waals surface area (Å²) in [6, 6.07) is 0. The summed E-state index contributed by atoms with van der Waals surface area (Å²) in [6.07, 6.45) is 0. The van der Waals surface area contributed by atoms with E-state index in [-0.39, 0.29) is 0 Å². The van der Waals surface area contributed by atoms with Crippen molar-refractivity contribution in [3.8, 4) is 0 Å². The van der Waals surface area contributed by atoms with E-state index in [1.165, 1.54) is 0 Å². The molecular weight excluding hydrogens is 260 g/mol. The first-order chi connectivity index (χ1) is 5.46. The van der Waals surface area contributed by atoms with E-state index in [1.807, 2.05) is 0 Å². The number of hydrogen-bond donors (Lipinski definition) is 0. The van der Waals surface area contributed by atoms with E-state index in [0.717, 1.165) is 0 Å². The average Bonchev–Trinajstić information content (AvgIpc) is 1.50. The summed E-state index contributed by atoms with van der Waals surface area (Å²) in [5.41, 5.74) is 0. The van der Waals surface area contributed by atoms with E-state index < -0.39 is 28.6 Å². The first kappa shape index (κ1) is 18.5. The second kappa shape index (κ2) is 9.83. The molecule has 0 atom stereocenters. The molecule has 0 aromatic heterocycles. The van der Waals surface area contributed by atoms with Crippen molar-refractivity contribution in [2.45, 2.75) is 19.6 Å². The Balaban J connectivity index is -0.000000117. The van der Waals surface area contributed by atoms with Crippen LogP contribution >= 0.6 is 11.1 Å². The molecule has 0 aromatic rings. The first-order valence-corrected chi connectivity index (χ1v) is 9.20. The van der Waals surface area contributed by atoms with Crippen LogP contribution in [0.4, 0.5) is 0 Å². The van der Waals surface area contributed by atoms with Crippen molar-refractivity contribution in [2.75, 3.05) is 0 Å². The van der Waals surface area contributed by atoms with Gasteiger partial charge in [-0.25, -0.2) is 0 Å². The van der Waals surface area contributed by atoms with Gasteiger partial charge in [0.05, 0.1) is 0 Å². The Hall–Kier alpha value is -0.253. The first-order valence-electron chi connectivity index (χ1n) is 2.69. The van der Waals surface area contributed by atoms with E-state index >= 15 is 0 Å². The summed E-state index contributed by atoms with van der Waals surface area (Å²) >= 11 is 5.67. The van der Waals surface area contributed by atoms with Crippen LogP contribution in [0.5, 0.6) is 0 Å². The highest BCUT2D eigenvalue weighted by molar-refractivity contribution is 7.59. The van der Waals surface area contributed by atoms with Crippen LogP contribution < -0.4 is 0 Å². The number of hydrogen-bond acceptors (Lipinski definition) is 6. The molecule has 10 heteroatoms. The molecule has 0 saturated heterocycles. The summed E-state index contributed by atoms with van der Waals surface area (Å²) in [5.74, 6) is 0. The number of halogens is 1. The monoisotopic (exact) mass is 268 g/mol. The van der Waals surface area contributed by atoms with Gasteiger partial charge in [-0.3, -0.25) is 0 Å². The van der Waals surface area contributed by atoms with Crippen molar-refractivity contribution in [2.24, 2.45) is 0 Å². The van der Waals surface area contributed by atoms with E-state index in [2.05, 4.69) is 19.6 Å². The maximum atomic E-state index is 8.44. The minimum atomic E-state index is -3.11. The molecule has 6 nitrogen and oxygen atoms in total. The van der Waals surface area contributed by atoms with Gasteiger partial charge < -0.3 is 0 Å². The van der Waals surface area contributed by atoms with Crippen LogP contribution in [0.3, 0.4) is 0 Å². The molecule has 0 spiro atoms. The molecule has 0 aliphatic heterocycles. The quantitative estimate of drug-likeness (QED) is 0.454. The summed E-state index contributed by atoms with van der Waals surface area (Å²) in [6.45, 7) is 6.28. The lowest BCUT2D eigenvalue weighted by molar-refractivity contribution is 0.557. The summed E-state index contributed by atoms with van der Waals surface area (Å²) in [4.78, 5) is 0. The average molecular weight is 269 g/mol. The minimum Gasteiger partial charge on any atom is -0.168 e.